The Kier molecular flexibility index (Phi) is 4.93. The van der Waals surface area contributed by atoms with Crippen molar-refractivity contribution in [1.29, 1.82) is 0 Å². The number of hydrogen-bond acceptors (Lipinski definition) is 4. The van der Waals surface area contributed by atoms with E-state index in [1.165, 1.54) is 32.1 Å². The number of amides is 1. The first kappa shape index (κ1) is 16.8. The second-order valence-corrected chi connectivity index (χ2v) is 7.83. The van der Waals surface area contributed by atoms with Crippen molar-refractivity contribution in [2.24, 2.45) is 5.92 Å². The van der Waals surface area contributed by atoms with Crippen molar-refractivity contribution in [1.82, 2.24) is 10.3 Å². The summed E-state index contributed by atoms with van der Waals surface area (Å²) in [4.78, 5) is 18.9. The number of fused-ring (bicyclic) bond motifs is 1. The SMILES string of the molecule is Cc1cc2c(nc1N1CCC(OCC3CCCCC3)CC1)CNC2=O. The van der Waals surface area contributed by atoms with Gasteiger partial charge in [0.15, 0.2) is 0 Å². The Hall–Kier alpha value is -1.62. The van der Waals surface area contributed by atoms with Crippen molar-refractivity contribution in [3.8, 4) is 0 Å². The summed E-state index contributed by atoms with van der Waals surface area (Å²) >= 11 is 0. The van der Waals surface area contributed by atoms with Gasteiger partial charge < -0.3 is 15.0 Å². The highest BCUT2D eigenvalue weighted by atomic mass is 16.5. The maximum absolute atomic E-state index is 11.8. The molecule has 3 aliphatic rings. The molecule has 0 atom stereocenters. The van der Waals surface area contributed by atoms with Gasteiger partial charge in [-0.3, -0.25) is 4.79 Å². The summed E-state index contributed by atoms with van der Waals surface area (Å²) in [6.07, 6.45) is 9.41. The summed E-state index contributed by atoms with van der Waals surface area (Å²) in [6.45, 7) is 5.55. The second-order valence-electron chi connectivity index (χ2n) is 7.83. The van der Waals surface area contributed by atoms with Crippen LogP contribution in [0.2, 0.25) is 0 Å². The van der Waals surface area contributed by atoms with Gasteiger partial charge in [0, 0.05) is 19.7 Å². The Morgan fingerprint density at radius 3 is 2.72 bits per heavy atom. The molecule has 0 spiro atoms. The van der Waals surface area contributed by atoms with Crippen LogP contribution in [0, 0.1) is 12.8 Å². The van der Waals surface area contributed by atoms with Gasteiger partial charge in [0.2, 0.25) is 0 Å². The van der Waals surface area contributed by atoms with Crippen LogP contribution >= 0.6 is 0 Å². The lowest BCUT2D eigenvalue weighted by molar-refractivity contribution is 0.00802. The maximum Gasteiger partial charge on any atom is 0.253 e. The fourth-order valence-electron chi connectivity index (χ4n) is 4.41. The molecule has 1 saturated carbocycles. The number of carbonyl (C=O) groups excluding carboxylic acids is 1. The van der Waals surface area contributed by atoms with Crippen LogP contribution in [0.3, 0.4) is 0 Å². The smallest absolute Gasteiger partial charge is 0.253 e. The monoisotopic (exact) mass is 343 g/mol. The highest BCUT2D eigenvalue weighted by Gasteiger charge is 2.26. The Labute approximate surface area is 150 Å². The molecule has 1 amide bonds. The standard InChI is InChI=1S/C20H29N3O2/c1-14-11-17-18(12-21-20(17)24)22-19(14)23-9-7-16(8-10-23)25-13-15-5-3-2-4-6-15/h11,15-16H,2-10,12-13H2,1H3,(H,21,24). The van der Waals surface area contributed by atoms with Crippen LogP contribution in [0.5, 0.6) is 0 Å². The molecule has 25 heavy (non-hydrogen) atoms. The van der Waals surface area contributed by atoms with Gasteiger partial charge in [0.1, 0.15) is 5.82 Å². The number of nitrogens with one attached hydrogen (secondary N) is 1. The van der Waals surface area contributed by atoms with E-state index in [4.69, 9.17) is 9.72 Å². The lowest BCUT2D eigenvalue weighted by atomic mass is 9.90. The van der Waals surface area contributed by atoms with E-state index in [9.17, 15) is 4.79 Å². The van der Waals surface area contributed by atoms with Gasteiger partial charge in [-0.2, -0.15) is 0 Å². The Balaban J connectivity index is 1.32. The van der Waals surface area contributed by atoms with Crippen LogP contribution < -0.4 is 10.2 Å². The molecular weight excluding hydrogens is 314 g/mol. The first-order chi connectivity index (χ1) is 12.2. The molecule has 1 aromatic heterocycles. The number of pyridine rings is 1. The van der Waals surface area contributed by atoms with E-state index in [0.29, 0.717) is 12.6 Å². The molecule has 1 N–H and O–H groups in total. The first-order valence-electron chi connectivity index (χ1n) is 9.86. The number of hydrogen-bond donors (Lipinski definition) is 1. The van der Waals surface area contributed by atoms with Crippen molar-refractivity contribution in [3.63, 3.8) is 0 Å². The second kappa shape index (κ2) is 7.32. The molecule has 3 heterocycles. The average Bonchev–Trinajstić information content (AvgIpc) is 3.01. The number of aryl methyl sites for hydroxylation is 1. The summed E-state index contributed by atoms with van der Waals surface area (Å²) < 4.78 is 6.22. The van der Waals surface area contributed by atoms with Crippen molar-refractivity contribution < 1.29 is 9.53 Å². The van der Waals surface area contributed by atoms with Crippen LogP contribution in [0.25, 0.3) is 0 Å². The number of rotatable bonds is 4. The first-order valence-corrected chi connectivity index (χ1v) is 9.86. The Morgan fingerprint density at radius 1 is 1.20 bits per heavy atom. The van der Waals surface area contributed by atoms with E-state index >= 15 is 0 Å². The molecule has 1 saturated heterocycles. The van der Waals surface area contributed by atoms with E-state index in [0.717, 1.165) is 61.1 Å². The number of piperidine rings is 1. The van der Waals surface area contributed by atoms with Gasteiger partial charge in [-0.1, -0.05) is 19.3 Å². The van der Waals surface area contributed by atoms with Crippen molar-refractivity contribution >= 4 is 11.7 Å². The van der Waals surface area contributed by atoms with E-state index in [-0.39, 0.29) is 5.91 Å². The predicted molar refractivity (Wildman–Crippen MR) is 97.9 cm³/mol. The highest BCUT2D eigenvalue weighted by Crippen LogP contribution is 2.28. The van der Waals surface area contributed by atoms with Crippen molar-refractivity contribution in [3.05, 3.63) is 22.9 Å². The summed E-state index contributed by atoms with van der Waals surface area (Å²) in [5.74, 6) is 1.84. The van der Waals surface area contributed by atoms with Crippen LogP contribution in [0.4, 0.5) is 5.82 Å². The van der Waals surface area contributed by atoms with Crippen LogP contribution in [0.1, 0.15) is 66.6 Å². The van der Waals surface area contributed by atoms with E-state index < -0.39 is 0 Å². The Morgan fingerprint density at radius 2 is 1.96 bits per heavy atom. The molecule has 0 radical (unpaired) electrons. The van der Waals surface area contributed by atoms with Gasteiger partial charge in [-0.25, -0.2) is 4.98 Å². The number of carbonyl (C=O) groups is 1. The third-order valence-corrected chi connectivity index (χ3v) is 5.96. The lowest BCUT2D eigenvalue weighted by Crippen LogP contribution is -2.38. The molecule has 2 fully saturated rings. The molecule has 136 valence electrons. The lowest BCUT2D eigenvalue weighted by Gasteiger charge is -2.34. The molecule has 0 bridgehead atoms. The maximum atomic E-state index is 11.8. The van der Waals surface area contributed by atoms with E-state index in [1.807, 2.05) is 6.07 Å². The molecule has 1 aromatic rings. The predicted octanol–water partition coefficient (Wildman–Crippen LogP) is 3.20. The fraction of sp³-hybridized carbons (Fsp3) is 0.700. The zero-order valence-corrected chi connectivity index (χ0v) is 15.2. The van der Waals surface area contributed by atoms with Gasteiger partial charge in [0.25, 0.3) is 5.91 Å². The van der Waals surface area contributed by atoms with Crippen LogP contribution in [-0.2, 0) is 11.3 Å². The quantitative estimate of drug-likeness (QED) is 0.912. The summed E-state index contributed by atoms with van der Waals surface area (Å²) in [7, 11) is 0. The molecular formula is C20H29N3O2. The summed E-state index contributed by atoms with van der Waals surface area (Å²) in [5.41, 5.74) is 2.73. The summed E-state index contributed by atoms with van der Waals surface area (Å²) in [5, 5.41) is 2.86. The van der Waals surface area contributed by atoms with Crippen LogP contribution in [-0.4, -0.2) is 36.7 Å². The average molecular weight is 343 g/mol. The fourth-order valence-corrected chi connectivity index (χ4v) is 4.41. The highest BCUT2D eigenvalue weighted by molar-refractivity contribution is 5.98. The molecule has 2 aliphatic heterocycles. The van der Waals surface area contributed by atoms with Gasteiger partial charge in [0.05, 0.1) is 23.9 Å². The van der Waals surface area contributed by atoms with Gasteiger partial charge >= 0.3 is 0 Å². The molecule has 5 nitrogen and oxygen atoms in total. The number of nitrogens with zero attached hydrogens (tertiary/aromatic N) is 2. The molecule has 4 rings (SSSR count). The van der Waals surface area contributed by atoms with Gasteiger partial charge in [-0.05, 0) is 50.2 Å². The Bertz CT molecular complexity index is 632. The molecule has 0 unspecified atom stereocenters. The zero-order valence-electron chi connectivity index (χ0n) is 15.2. The molecule has 0 aromatic carbocycles. The topological polar surface area (TPSA) is 54.5 Å². The van der Waals surface area contributed by atoms with E-state index in [1.54, 1.807) is 0 Å². The van der Waals surface area contributed by atoms with Gasteiger partial charge in [-0.15, -0.1) is 0 Å². The normalized spacial score (nSPS) is 22.1. The van der Waals surface area contributed by atoms with Crippen molar-refractivity contribution in [2.75, 3.05) is 24.6 Å². The minimum Gasteiger partial charge on any atom is -0.378 e. The van der Waals surface area contributed by atoms with E-state index in [2.05, 4.69) is 17.1 Å². The zero-order chi connectivity index (χ0) is 17.2. The van der Waals surface area contributed by atoms with Crippen molar-refractivity contribution in [2.45, 2.75) is 64.5 Å². The molecule has 5 heteroatoms. The number of ether oxygens (including phenoxy) is 1. The summed E-state index contributed by atoms with van der Waals surface area (Å²) in [6, 6.07) is 1.99. The third kappa shape index (κ3) is 3.66. The number of anilines is 1. The minimum atomic E-state index is 0.00645. The minimum absolute atomic E-state index is 0.00645. The number of aromatic nitrogens is 1. The largest absolute Gasteiger partial charge is 0.378 e. The molecule has 1 aliphatic carbocycles. The van der Waals surface area contributed by atoms with Crippen LogP contribution in [0.15, 0.2) is 6.07 Å². The third-order valence-electron chi connectivity index (χ3n) is 5.96.